The average molecular weight is 252 g/mol. The largest absolute Gasteiger partial charge is 0.0628 e. The highest BCUT2D eigenvalue weighted by atomic mass is 14.1. The summed E-state index contributed by atoms with van der Waals surface area (Å²) in [5, 5.41) is 0. The predicted octanol–water partition coefficient (Wildman–Crippen LogP) is 5.06. The lowest BCUT2D eigenvalue weighted by molar-refractivity contribution is 0.586. The van der Waals surface area contributed by atoms with E-state index in [9.17, 15) is 0 Å². The van der Waals surface area contributed by atoms with Crippen molar-refractivity contribution in [2.45, 2.75) is 39.5 Å². The third-order valence-electron chi connectivity index (χ3n) is 3.55. The van der Waals surface area contributed by atoms with Gasteiger partial charge in [0.05, 0.1) is 0 Å². The average Bonchev–Trinajstić information content (AvgIpc) is 2.44. The molecule has 0 heteroatoms. The van der Waals surface area contributed by atoms with Crippen molar-refractivity contribution in [2.75, 3.05) is 0 Å². The van der Waals surface area contributed by atoms with Crippen LogP contribution in [0, 0.1) is 5.92 Å². The molecule has 2 aromatic rings. The molecule has 0 saturated carbocycles. The maximum Gasteiger partial charge on any atom is -0.0238 e. The Kier molecular flexibility index (Phi) is 5.20. The minimum atomic E-state index is 0.785. The van der Waals surface area contributed by atoms with E-state index < -0.39 is 0 Å². The predicted molar refractivity (Wildman–Crippen MR) is 83.5 cm³/mol. The van der Waals surface area contributed by atoms with Crippen LogP contribution >= 0.6 is 0 Å². The summed E-state index contributed by atoms with van der Waals surface area (Å²) in [7, 11) is 0. The van der Waals surface area contributed by atoms with E-state index in [2.05, 4.69) is 68.4 Å². The van der Waals surface area contributed by atoms with Gasteiger partial charge in [-0.25, -0.2) is 0 Å². The second kappa shape index (κ2) is 7.13. The standard InChI is InChI=1S/C19H24/c1-16(2)11-12-18-9-6-10-19(15-18)14-13-17-7-4-3-5-8-17/h3-10,15-16H,11-14H2,1-2H3. The molecule has 0 aliphatic rings. The SMILES string of the molecule is CC(C)CCc1cccc(CCc2ccccc2)c1. The molecule has 0 N–H and O–H groups in total. The molecule has 0 aromatic heterocycles. The Labute approximate surface area is 117 Å². The molecule has 19 heavy (non-hydrogen) atoms. The van der Waals surface area contributed by atoms with Crippen LogP contribution in [0.15, 0.2) is 54.6 Å². The van der Waals surface area contributed by atoms with E-state index in [1.54, 1.807) is 0 Å². The molecule has 100 valence electrons. The van der Waals surface area contributed by atoms with Gasteiger partial charge in [0, 0.05) is 0 Å². The summed E-state index contributed by atoms with van der Waals surface area (Å²) in [6, 6.07) is 19.8. The molecule has 2 aromatic carbocycles. The number of hydrogen-bond donors (Lipinski definition) is 0. The summed E-state index contributed by atoms with van der Waals surface area (Å²) in [4.78, 5) is 0. The molecular formula is C19H24. The molecule has 0 unspecified atom stereocenters. The fraction of sp³-hybridized carbons (Fsp3) is 0.368. The maximum absolute atomic E-state index is 2.38. The topological polar surface area (TPSA) is 0 Å². The van der Waals surface area contributed by atoms with Gasteiger partial charge in [0.25, 0.3) is 0 Å². The van der Waals surface area contributed by atoms with E-state index in [4.69, 9.17) is 0 Å². The van der Waals surface area contributed by atoms with Crippen molar-refractivity contribution in [1.82, 2.24) is 0 Å². The van der Waals surface area contributed by atoms with Gasteiger partial charge in [0.15, 0.2) is 0 Å². The lowest BCUT2D eigenvalue weighted by atomic mass is 9.98. The van der Waals surface area contributed by atoms with Crippen molar-refractivity contribution in [3.63, 3.8) is 0 Å². The van der Waals surface area contributed by atoms with Gasteiger partial charge >= 0.3 is 0 Å². The zero-order chi connectivity index (χ0) is 13.5. The minimum Gasteiger partial charge on any atom is -0.0628 e. The highest BCUT2D eigenvalue weighted by Crippen LogP contribution is 2.13. The van der Waals surface area contributed by atoms with Gasteiger partial charge in [-0.1, -0.05) is 68.4 Å². The quantitative estimate of drug-likeness (QED) is 0.674. The van der Waals surface area contributed by atoms with Crippen molar-refractivity contribution in [3.8, 4) is 0 Å². The smallest absolute Gasteiger partial charge is 0.0238 e. The summed E-state index contributed by atoms with van der Waals surface area (Å²) in [6.45, 7) is 4.58. The van der Waals surface area contributed by atoms with Crippen molar-refractivity contribution >= 4 is 0 Å². The van der Waals surface area contributed by atoms with Gasteiger partial charge in [0.2, 0.25) is 0 Å². The molecule has 0 heterocycles. The molecule has 0 atom stereocenters. The Morgan fingerprint density at radius 3 is 1.95 bits per heavy atom. The van der Waals surface area contributed by atoms with Crippen LogP contribution in [-0.4, -0.2) is 0 Å². The van der Waals surface area contributed by atoms with Gasteiger partial charge in [-0.15, -0.1) is 0 Å². The molecule has 0 aliphatic heterocycles. The number of hydrogen-bond acceptors (Lipinski definition) is 0. The molecule has 0 fully saturated rings. The van der Waals surface area contributed by atoms with Gasteiger partial charge in [-0.2, -0.15) is 0 Å². The molecule has 0 amide bonds. The third-order valence-corrected chi connectivity index (χ3v) is 3.55. The van der Waals surface area contributed by atoms with Gasteiger partial charge < -0.3 is 0 Å². The first-order valence-corrected chi connectivity index (χ1v) is 7.36. The monoisotopic (exact) mass is 252 g/mol. The molecule has 2 rings (SSSR count). The third kappa shape index (κ3) is 4.90. The van der Waals surface area contributed by atoms with Crippen molar-refractivity contribution < 1.29 is 0 Å². The summed E-state index contributed by atoms with van der Waals surface area (Å²) in [6.07, 6.45) is 4.76. The molecular weight excluding hydrogens is 228 g/mol. The van der Waals surface area contributed by atoms with E-state index in [0.717, 1.165) is 18.8 Å². The van der Waals surface area contributed by atoms with Crippen LogP contribution in [0.5, 0.6) is 0 Å². The van der Waals surface area contributed by atoms with Crippen LogP contribution < -0.4 is 0 Å². The van der Waals surface area contributed by atoms with Gasteiger partial charge in [-0.05, 0) is 48.3 Å². The second-order valence-electron chi connectivity index (χ2n) is 5.74. The number of aryl methyl sites for hydroxylation is 3. The maximum atomic E-state index is 2.38. The lowest BCUT2D eigenvalue weighted by Gasteiger charge is -2.07. The first kappa shape index (κ1) is 13.9. The second-order valence-corrected chi connectivity index (χ2v) is 5.74. The summed E-state index contributed by atoms with van der Waals surface area (Å²) in [5.41, 5.74) is 4.37. The molecule has 0 spiro atoms. The molecule has 0 aliphatic carbocycles. The van der Waals surface area contributed by atoms with Crippen molar-refractivity contribution in [1.29, 1.82) is 0 Å². The van der Waals surface area contributed by atoms with Crippen LogP contribution in [0.3, 0.4) is 0 Å². The van der Waals surface area contributed by atoms with E-state index in [0.29, 0.717) is 0 Å². The van der Waals surface area contributed by atoms with Crippen LogP contribution in [0.4, 0.5) is 0 Å². The Bertz CT molecular complexity index is 482. The van der Waals surface area contributed by atoms with E-state index in [-0.39, 0.29) is 0 Å². The lowest BCUT2D eigenvalue weighted by Crippen LogP contribution is -1.95. The first-order chi connectivity index (χ1) is 9.24. The van der Waals surface area contributed by atoms with Crippen LogP contribution in [-0.2, 0) is 19.3 Å². The molecule has 0 radical (unpaired) electrons. The van der Waals surface area contributed by atoms with Crippen molar-refractivity contribution in [2.24, 2.45) is 5.92 Å². The Morgan fingerprint density at radius 2 is 1.26 bits per heavy atom. The molecule has 0 saturated heterocycles. The van der Waals surface area contributed by atoms with Crippen LogP contribution in [0.25, 0.3) is 0 Å². The minimum absolute atomic E-state index is 0.785. The normalized spacial score (nSPS) is 10.9. The van der Waals surface area contributed by atoms with Crippen molar-refractivity contribution in [3.05, 3.63) is 71.3 Å². The Hall–Kier alpha value is -1.56. The Morgan fingerprint density at radius 1 is 0.684 bits per heavy atom. The highest BCUT2D eigenvalue weighted by Gasteiger charge is 2.00. The summed E-state index contributed by atoms with van der Waals surface area (Å²) < 4.78 is 0. The fourth-order valence-corrected chi connectivity index (χ4v) is 2.33. The fourth-order valence-electron chi connectivity index (χ4n) is 2.33. The van der Waals surface area contributed by atoms with Crippen LogP contribution in [0.2, 0.25) is 0 Å². The molecule has 0 nitrogen and oxygen atoms in total. The summed E-state index contributed by atoms with van der Waals surface area (Å²) in [5.74, 6) is 0.785. The Balaban J connectivity index is 1.91. The number of rotatable bonds is 6. The highest BCUT2D eigenvalue weighted by molar-refractivity contribution is 5.25. The van der Waals surface area contributed by atoms with Gasteiger partial charge in [0.1, 0.15) is 0 Å². The number of benzene rings is 2. The molecule has 0 bridgehead atoms. The van der Waals surface area contributed by atoms with E-state index in [1.807, 2.05) is 0 Å². The van der Waals surface area contributed by atoms with Gasteiger partial charge in [-0.3, -0.25) is 0 Å². The first-order valence-electron chi connectivity index (χ1n) is 7.36. The zero-order valence-electron chi connectivity index (χ0n) is 12.1. The van der Waals surface area contributed by atoms with Crippen LogP contribution in [0.1, 0.15) is 37.0 Å². The van der Waals surface area contributed by atoms with E-state index in [1.165, 1.54) is 29.5 Å². The summed E-state index contributed by atoms with van der Waals surface area (Å²) >= 11 is 0. The zero-order valence-corrected chi connectivity index (χ0v) is 12.1. The van der Waals surface area contributed by atoms with E-state index >= 15 is 0 Å².